The monoisotopic (exact) mass is 364 g/mol. The Hall–Kier alpha value is -2.34. The van der Waals surface area contributed by atoms with E-state index in [0.717, 1.165) is 5.92 Å². The topological polar surface area (TPSA) is 0 Å². The van der Waals surface area contributed by atoms with Crippen LogP contribution in [0.2, 0.25) is 0 Å². The second-order valence-corrected chi connectivity index (χ2v) is 9.54. The van der Waals surface area contributed by atoms with Gasteiger partial charge in [-0.1, -0.05) is 88.4 Å². The van der Waals surface area contributed by atoms with Crippen molar-refractivity contribution in [2.24, 2.45) is 11.8 Å². The van der Waals surface area contributed by atoms with Gasteiger partial charge in [-0.25, -0.2) is 0 Å². The molecule has 140 valence electrons. The molecule has 2 unspecified atom stereocenters. The summed E-state index contributed by atoms with van der Waals surface area (Å²) >= 11 is 0. The van der Waals surface area contributed by atoms with Gasteiger partial charge in [0, 0.05) is 5.41 Å². The van der Waals surface area contributed by atoms with E-state index in [1.54, 1.807) is 27.8 Å². The lowest BCUT2D eigenvalue weighted by Crippen LogP contribution is -2.32. The summed E-state index contributed by atoms with van der Waals surface area (Å²) in [5.41, 5.74) is 12.5. The molecule has 0 fully saturated rings. The highest BCUT2D eigenvalue weighted by Gasteiger charge is 2.56. The van der Waals surface area contributed by atoms with E-state index in [0.29, 0.717) is 17.8 Å². The smallest absolute Gasteiger partial charge is 0.0500 e. The Morgan fingerprint density at radius 1 is 0.679 bits per heavy atom. The SMILES string of the molecule is CC1c2ccc3c(c2C[C@H]1C)C1(c2ccccc2-3)c2ccccc2[C@@H](C)[C@H]1C. The zero-order chi connectivity index (χ0) is 19.2. The van der Waals surface area contributed by atoms with Gasteiger partial charge < -0.3 is 0 Å². The number of rotatable bonds is 0. The summed E-state index contributed by atoms with van der Waals surface area (Å²) in [6.07, 6.45) is 1.22. The highest BCUT2D eigenvalue weighted by Crippen LogP contribution is 2.65. The van der Waals surface area contributed by atoms with Crippen LogP contribution in [0.5, 0.6) is 0 Å². The molecular formula is C28H28. The molecule has 3 aliphatic rings. The van der Waals surface area contributed by atoms with Gasteiger partial charge in [0.05, 0.1) is 0 Å². The molecule has 0 saturated carbocycles. The van der Waals surface area contributed by atoms with E-state index in [9.17, 15) is 0 Å². The fourth-order valence-electron chi connectivity index (χ4n) is 6.88. The first-order chi connectivity index (χ1) is 13.6. The minimum Gasteiger partial charge on any atom is -0.0620 e. The van der Waals surface area contributed by atoms with E-state index in [2.05, 4.69) is 88.4 Å². The van der Waals surface area contributed by atoms with Gasteiger partial charge in [-0.15, -0.1) is 0 Å². The van der Waals surface area contributed by atoms with Crippen molar-refractivity contribution >= 4 is 0 Å². The minimum atomic E-state index is 0.0110. The Balaban J connectivity index is 1.79. The molecule has 0 N–H and O–H groups in total. The maximum Gasteiger partial charge on any atom is 0.0500 e. The van der Waals surface area contributed by atoms with Gasteiger partial charge in [0.25, 0.3) is 0 Å². The van der Waals surface area contributed by atoms with Crippen LogP contribution in [0.25, 0.3) is 11.1 Å². The van der Waals surface area contributed by atoms with Crippen molar-refractivity contribution in [2.45, 2.75) is 51.4 Å². The van der Waals surface area contributed by atoms with Crippen LogP contribution in [0.15, 0.2) is 60.7 Å². The van der Waals surface area contributed by atoms with Crippen molar-refractivity contribution in [3.05, 3.63) is 94.0 Å². The highest BCUT2D eigenvalue weighted by atomic mass is 14.6. The molecule has 0 bridgehead atoms. The second-order valence-electron chi connectivity index (χ2n) is 9.54. The van der Waals surface area contributed by atoms with Crippen LogP contribution in [0.4, 0.5) is 0 Å². The summed E-state index contributed by atoms with van der Waals surface area (Å²) in [4.78, 5) is 0. The Bertz CT molecular complexity index is 1120. The third-order valence-corrected chi connectivity index (χ3v) is 8.56. The number of fused-ring (bicyclic) bond motifs is 9. The van der Waals surface area contributed by atoms with Gasteiger partial charge in [0.15, 0.2) is 0 Å². The van der Waals surface area contributed by atoms with Crippen molar-refractivity contribution in [3.63, 3.8) is 0 Å². The maximum atomic E-state index is 2.50. The van der Waals surface area contributed by atoms with Gasteiger partial charge in [-0.2, -0.15) is 0 Å². The Morgan fingerprint density at radius 3 is 2.21 bits per heavy atom. The van der Waals surface area contributed by atoms with Crippen LogP contribution in [0.3, 0.4) is 0 Å². The first-order valence-electron chi connectivity index (χ1n) is 10.9. The molecule has 0 aliphatic heterocycles. The van der Waals surface area contributed by atoms with E-state index >= 15 is 0 Å². The fourth-order valence-corrected chi connectivity index (χ4v) is 6.88. The van der Waals surface area contributed by atoms with Crippen molar-refractivity contribution in [3.8, 4) is 11.1 Å². The maximum absolute atomic E-state index is 2.50. The van der Waals surface area contributed by atoms with E-state index in [-0.39, 0.29) is 5.41 Å². The standard InChI is InChI=1S/C28H28/c1-16-15-24-20(17(16)2)13-14-23-22-10-6-8-12-26(22)28(27(23)24)19(4)18(3)21-9-5-7-11-25(21)28/h5-14,16-19H,15H2,1-4H3/t16-,17?,18+,19-,28?/m1/s1. The van der Waals surface area contributed by atoms with Crippen molar-refractivity contribution < 1.29 is 0 Å². The van der Waals surface area contributed by atoms with Crippen molar-refractivity contribution in [1.82, 2.24) is 0 Å². The normalized spacial score (nSPS) is 31.6. The zero-order valence-corrected chi connectivity index (χ0v) is 17.3. The lowest BCUT2D eigenvalue weighted by molar-refractivity contribution is 0.398. The number of benzene rings is 3. The van der Waals surface area contributed by atoms with Crippen molar-refractivity contribution in [1.29, 1.82) is 0 Å². The number of hydrogen-bond acceptors (Lipinski definition) is 0. The van der Waals surface area contributed by atoms with Crippen molar-refractivity contribution in [2.75, 3.05) is 0 Å². The Kier molecular flexibility index (Phi) is 3.19. The summed E-state index contributed by atoms with van der Waals surface area (Å²) in [5.74, 6) is 2.52. The van der Waals surface area contributed by atoms with E-state index in [1.807, 2.05) is 0 Å². The molecule has 3 aliphatic carbocycles. The molecule has 1 spiro atoms. The molecule has 0 radical (unpaired) electrons. The van der Waals surface area contributed by atoms with E-state index in [1.165, 1.54) is 23.1 Å². The lowest BCUT2D eigenvalue weighted by Gasteiger charge is -2.36. The molecular weight excluding hydrogens is 336 g/mol. The molecule has 0 saturated heterocycles. The molecule has 0 aromatic heterocycles. The molecule has 0 heteroatoms. The largest absolute Gasteiger partial charge is 0.0620 e. The van der Waals surface area contributed by atoms with Gasteiger partial charge in [-0.3, -0.25) is 0 Å². The fraction of sp³-hybridized carbons (Fsp3) is 0.357. The summed E-state index contributed by atoms with van der Waals surface area (Å²) in [6, 6.07) is 23.4. The third-order valence-electron chi connectivity index (χ3n) is 8.56. The molecule has 0 amide bonds. The van der Waals surface area contributed by atoms with E-state index in [4.69, 9.17) is 0 Å². The summed E-state index contributed by atoms with van der Waals surface area (Å²) in [7, 11) is 0. The first kappa shape index (κ1) is 16.6. The second kappa shape index (κ2) is 5.38. The van der Waals surface area contributed by atoms with Crippen LogP contribution in [-0.4, -0.2) is 0 Å². The summed E-state index contributed by atoms with van der Waals surface area (Å²) in [6.45, 7) is 9.79. The minimum absolute atomic E-state index is 0.0110. The van der Waals surface area contributed by atoms with Gasteiger partial charge in [-0.05, 0) is 74.6 Å². The summed E-state index contributed by atoms with van der Waals surface area (Å²) in [5, 5.41) is 0. The predicted octanol–water partition coefficient (Wildman–Crippen LogP) is 7.05. The van der Waals surface area contributed by atoms with Crippen LogP contribution >= 0.6 is 0 Å². The molecule has 3 aromatic rings. The molecule has 5 atom stereocenters. The van der Waals surface area contributed by atoms with Crippen LogP contribution in [0, 0.1) is 11.8 Å². The third kappa shape index (κ3) is 1.70. The zero-order valence-electron chi connectivity index (χ0n) is 17.3. The van der Waals surface area contributed by atoms with Gasteiger partial charge >= 0.3 is 0 Å². The summed E-state index contributed by atoms with van der Waals surface area (Å²) < 4.78 is 0. The van der Waals surface area contributed by atoms with E-state index < -0.39 is 0 Å². The molecule has 28 heavy (non-hydrogen) atoms. The Morgan fingerprint density at radius 2 is 1.39 bits per heavy atom. The van der Waals surface area contributed by atoms with Gasteiger partial charge in [0.1, 0.15) is 0 Å². The molecule has 3 aromatic carbocycles. The van der Waals surface area contributed by atoms with Crippen LogP contribution in [0.1, 0.15) is 72.9 Å². The van der Waals surface area contributed by atoms with Crippen LogP contribution in [-0.2, 0) is 11.8 Å². The molecule has 6 rings (SSSR count). The average Bonchev–Trinajstić information content (AvgIpc) is 3.27. The average molecular weight is 365 g/mol. The number of hydrogen-bond donors (Lipinski definition) is 0. The van der Waals surface area contributed by atoms with Gasteiger partial charge in [0.2, 0.25) is 0 Å². The highest BCUT2D eigenvalue weighted by molar-refractivity contribution is 5.87. The molecule has 0 heterocycles. The first-order valence-corrected chi connectivity index (χ1v) is 10.9. The predicted molar refractivity (Wildman–Crippen MR) is 117 cm³/mol. The van der Waals surface area contributed by atoms with Crippen LogP contribution < -0.4 is 0 Å². The molecule has 0 nitrogen and oxygen atoms in total. The lowest BCUT2D eigenvalue weighted by atomic mass is 9.65. The quantitative estimate of drug-likeness (QED) is 0.401. The Labute approximate surface area is 168 Å².